The Bertz CT molecular complexity index is 196. The van der Waals surface area contributed by atoms with Crippen molar-refractivity contribution in [2.24, 2.45) is 5.41 Å². The summed E-state index contributed by atoms with van der Waals surface area (Å²) in [4.78, 5) is 0. The van der Waals surface area contributed by atoms with Crippen molar-refractivity contribution in [3.05, 3.63) is 0 Å². The molecule has 10 heavy (non-hydrogen) atoms. The van der Waals surface area contributed by atoms with E-state index in [-0.39, 0.29) is 5.41 Å². The van der Waals surface area contributed by atoms with E-state index in [9.17, 15) is 4.39 Å². The molecule has 0 aromatic rings. The van der Waals surface area contributed by atoms with Crippen molar-refractivity contribution in [2.75, 3.05) is 0 Å². The maximum Gasteiger partial charge on any atom is 0.112 e. The first-order valence-corrected chi connectivity index (χ1v) is 3.78. The summed E-state index contributed by atoms with van der Waals surface area (Å²) in [7, 11) is 0. The molecule has 2 heteroatoms. The van der Waals surface area contributed by atoms with Crippen LogP contribution < -0.4 is 0 Å². The van der Waals surface area contributed by atoms with Crippen LogP contribution in [0, 0.1) is 16.7 Å². The zero-order valence-electron chi connectivity index (χ0n) is 5.86. The second kappa shape index (κ2) is 1.53. The van der Waals surface area contributed by atoms with Crippen molar-refractivity contribution in [1.29, 1.82) is 5.26 Å². The zero-order chi connectivity index (χ0) is 7.24. The molecular formula is C8H10FN. The van der Waals surface area contributed by atoms with Crippen molar-refractivity contribution in [1.82, 2.24) is 0 Å². The highest BCUT2D eigenvalue weighted by molar-refractivity contribution is 5.14. The highest BCUT2D eigenvalue weighted by atomic mass is 19.1. The van der Waals surface area contributed by atoms with Crippen molar-refractivity contribution in [3.63, 3.8) is 0 Å². The van der Waals surface area contributed by atoms with Crippen molar-refractivity contribution in [2.45, 2.75) is 37.8 Å². The average Bonchev–Trinajstić information content (AvgIpc) is 2.42. The summed E-state index contributed by atoms with van der Waals surface area (Å²) in [6, 6.07) is 2.25. The van der Waals surface area contributed by atoms with Gasteiger partial charge in [-0.25, -0.2) is 4.39 Å². The quantitative estimate of drug-likeness (QED) is 0.504. The molecule has 2 bridgehead atoms. The minimum Gasteiger partial charge on any atom is -0.244 e. The van der Waals surface area contributed by atoms with Crippen LogP contribution >= 0.6 is 0 Å². The van der Waals surface area contributed by atoms with Gasteiger partial charge in [0.2, 0.25) is 0 Å². The van der Waals surface area contributed by atoms with Gasteiger partial charge in [0, 0.05) is 0 Å². The molecule has 0 amide bonds. The van der Waals surface area contributed by atoms with Gasteiger partial charge in [-0.05, 0) is 32.1 Å². The van der Waals surface area contributed by atoms with Crippen LogP contribution in [0.15, 0.2) is 0 Å². The fraction of sp³-hybridized carbons (Fsp3) is 0.875. The molecule has 2 aliphatic carbocycles. The van der Waals surface area contributed by atoms with E-state index in [0.717, 1.165) is 12.8 Å². The van der Waals surface area contributed by atoms with E-state index in [2.05, 4.69) is 6.07 Å². The Morgan fingerprint density at radius 3 is 2.00 bits per heavy atom. The van der Waals surface area contributed by atoms with Gasteiger partial charge >= 0.3 is 0 Å². The van der Waals surface area contributed by atoms with E-state index in [1.165, 1.54) is 0 Å². The fourth-order valence-electron chi connectivity index (χ4n) is 2.29. The Hall–Kier alpha value is -0.580. The molecule has 0 saturated heterocycles. The fourth-order valence-corrected chi connectivity index (χ4v) is 2.29. The van der Waals surface area contributed by atoms with Crippen LogP contribution in [0.2, 0.25) is 0 Å². The van der Waals surface area contributed by atoms with Gasteiger partial charge in [0.25, 0.3) is 0 Å². The topological polar surface area (TPSA) is 23.8 Å². The summed E-state index contributed by atoms with van der Waals surface area (Å²) < 4.78 is 13.4. The van der Waals surface area contributed by atoms with Crippen LogP contribution in [0.4, 0.5) is 4.39 Å². The van der Waals surface area contributed by atoms with Crippen LogP contribution in [-0.4, -0.2) is 5.67 Å². The van der Waals surface area contributed by atoms with Gasteiger partial charge in [-0.1, -0.05) is 0 Å². The minimum atomic E-state index is -0.949. The van der Waals surface area contributed by atoms with Crippen LogP contribution in [-0.2, 0) is 0 Å². The first kappa shape index (κ1) is 6.15. The smallest absolute Gasteiger partial charge is 0.112 e. The summed E-state index contributed by atoms with van der Waals surface area (Å²) in [5, 5.41) is 8.74. The second-order valence-electron chi connectivity index (χ2n) is 3.72. The summed E-state index contributed by atoms with van der Waals surface area (Å²) in [6.07, 6.45) is 3.34. The molecule has 1 nitrogen and oxygen atoms in total. The number of hydrogen-bond donors (Lipinski definition) is 0. The SMILES string of the molecule is N#CC12CCC(F)(CC1)C2. The minimum absolute atomic E-state index is 0.255. The molecule has 54 valence electrons. The molecule has 0 aliphatic heterocycles. The molecule has 0 radical (unpaired) electrons. The molecule has 0 atom stereocenters. The van der Waals surface area contributed by atoms with Crippen molar-refractivity contribution >= 4 is 0 Å². The standard InChI is InChI=1S/C8H10FN/c9-8-3-1-7(5-8,6-10)2-4-8/h1-5H2. The molecule has 0 heterocycles. The van der Waals surface area contributed by atoms with Gasteiger partial charge in [-0.2, -0.15) is 5.26 Å². The predicted molar refractivity (Wildman–Crippen MR) is 35.0 cm³/mol. The monoisotopic (exact) mass is 139 g/mol. The summed E-state index contributed by atoms with van der Waals surface area (Å²) in [6.45, 7) is 0. The molecule has 2 saturated carbocycles. The zero-order valence-corrected chi connectivity index (χ0v) is 5.86. The predicted octanol–water partition coefficient (Wildman–Crippen LogP) is 2.18. The molecule has 0 N–H and O–H groups in total. The van der Waals surface area contributed by atoms with E-state index >= 15 is 0 Å². The molecular weight excluding hydrogens is 129 g/mol. The summed E-state index contributed by atoms with van der Waals surface area (Å²) in [5.41, 5.74) is -1.20. The molecule has 2 aliphatic rings. The van der Waals surface area contributed by atoms with E-state index in [0.29, 0.717) is 19.3 Å². The molecule has 2 fully saturated rings. The lowest BCUT2D eigenvalue weighted by atomic mass is 9.86. The van der Waals surface area contributed by atoms with Crippen LogP contribution in [0.3, 0.4) is 0 Å². The number of hydrogen-bond acceptors (Lipinski definition) is 1. The van der Waals surface area contributed by atoms with Crippen LogP contribution in [0.25, 0.3) is 0 Å². The lowest BCUT2D eigenvalue weighted by Gasteiger charge is -2.17. The van der Waals surface area contributed by atoms with Gasteiger partial charge in [0.15, 0.2) is 0 Å². The molecule has 0 aromatic heterocycles. The van der Waals surface area contributed by atoms with Crippen molar-refractivity contribution in [3.8, 4) is 6.07 Å². The number of rotatable bonds is 0. The van der Waals surface area contributed by atoms with Crippen molar-refractivity contribution < 1.29 is 4.39 Å². The summed E-state index contributed by atoms with van der Waals surface area (Å²) >= 11 is 0. The maximum absolute atomic E-state index is 13.4. The highest BCUT2D eigenvalue weighted by Crippen LogP contribution is 2.57. The Labute approximate surface area is 59.8 Å². The van der Waals surface area contributed by atoms with E-state index in [1.807, 2.05) is 0 Å². The van der Waals surface area contributed by atoms with Gasteiger partial charge in [-0.15, -0.1) is 0 Å². The lowest BCUT2D eigenvalue weighted by Crippen LogP contribution is -2.13. The number of nitriles is 1. The molecule has 0 spiro atoms. The average molecular weight is 139 g/mol. The maximum atomic E-state index is 13.4. The third kappa shape index (κ3) is 0.608. The van der Waals surface area contributed by atoms with Gasteiger partial charge in [0.1, 0.15) is 5.67 Å². The van der Waals surface area contributed by atoms with E-state index in [4.69, 9.17) is 5.26 Å². The van der Waals surface area contributed by atoms with Crippen LogP contribution in [0.1, 0.15) is 32.1 Å². The Kier molecular flexibility index (Phi) is 0.940. The Morgan fingerprint density at radius 1 is 1.20 bits per heavy atom. The molecule has 0 unspecified atom stereocenters. The summed E-state index contributed by atoms with van der Waals surface area (Å²) in [5.74, 6) is 0. The number of fused-ring (bicyclic) bond motifs is 2. The number of nitrogens with zero attached hydrogens (tertiary/aromatic N) is 1. The first-order chi connectivity index (χ1) is 4.68. The second-order valence-corrected chi connectivity index (χ2v) is 3.72. The van der Waals surface area contributed by atoms with Gasteiger partial charge in [-0.3, -0.25) is 0 Å². The largest absolute Gasteiger partial charge is 0.244 e. The third-order valence-corrected chi connectivity index (χ3v) is 3.00. The number of alkyl halides is 1. The van der Waals surface area contributed by atoms with Gasteiger partial charge < -0.3 is 0 Å². The third-order valence-electron chi connectivity index (χ3n) is 3.00. The normalized spacial score (nSPS) is 51.2. The van der Waals surface area contributed by atoms with Crippen LogP contribution in [0.5, 0.6) is 0 Å². The first-order valence-electron chi connectivity index (χ1n) is 3.78. The Morgan fingerprint density at radius 2 is 1.80 bits per heavy atom. The number of halogens is 1. The van der Waals surface area contributed by atoms with E-state index in [1.54, 1.807) is 0 Å². The Balaban J connectivity index is 2.29. The molecule has 2 rings (SSSR count). The molecule has 0 aromatic carbocycles. The van der Waals surface area contributed by atoms with E-state index < -0.39 is 5.67 Å². The highest BCUT2D eigenvalue weighted by Gasteiger charge is 2.55. The lowest BCUT2D eigenvalue weighted by molar-refractivity contribution is 0.176. The van der Waals surface area contributed by atoms with Gasteiger partial charge in [0.05, 0.1) is 11.5 Å².